The molecule has 3 N–H and O–H groups in total. The van der Waals surface area contributed by atoms with Crippen LogP contribution in [0.3, 0.4) is 0 Å². The van der Waals surface area contributed by atoms with Gasteiger partial charge in [-0.3, -0.25) is 9.59 Å². The third-order valence-electron chi connectivity index (χ3n) is 3.21. The molecular weight excluding hydrogens is 278 g/mol. The van der Waals surface area contributed by atoms with Crippen LogP contribution in [-0.4, -0.2) is 23.7 Å². The van der Waals surface area contributed by atoms with Crippen molar-refractivity contribution in [2.75, 3.05) is 0 Å². The number of amides is 2. The van der Waals surface area contributed by atoms with Gasteiger partial charge in [-0.15, -0.1) is 0 Å². The van der Waals surface area contributed by atoms with Crippen LogP contribution in [0.5, 0.6) is 0 Å². The lowest BCUT2D eigenvalue weighted by Crippen LogP contribution is -2.52. The predicted molar refractivity (Wildman–Crippen MR) is 77.6 cm³/mol. The molecule has 0 bridgehead atoms. The maximum atomic E-state index is 12.1. The van der Waals surface area contributed by atoms with Gasteiger partial charge < -0.3 is 11.1 Å². The van der Waals surface area contributed by atoms with E-state index in [1.165, 1.54) is 0 Å². The molecule has 0 saturated heterocycles. The summed E-state index contributed by atoms with van der Waals surface area (Å²) < 4.78 is 0. The topological polar surface area (TPSA) is 84.5 Å². The average molecular weight is 294 g/mol. The second kappa shape index (κ2) is 5.73. The fourth-order valence-electron chi connectivity index (χ4n) is 1.98. The van der Waals surface area contributed by atoms with E-state index in [2.05, 4.69) is 10.3 Å². The molecule has 0 aromatic heterocycles. The molecule has 2 atom stereocenters. The molecule has 106 valence electrons. The Hall–Kier alpha value is -1.72. The Morgan fingerprint density at radius 3 is 2.60 bits per heavy atom. The fourth-order valence-corrected chi connectivity index (χ4v) is 2.17. The number of nitrogens with one attached hydrogen (secondary N) is 1. The molecule has 2 unspecified atom stereocenters. The van der Waals surface area contributed by atoms with E-state index in [-0.39, 0.29) is 11.8 Å². The minimum absolute atomic E-state index is 0.0737. The smallest absolute Gasteiger partial charge is 0.264 e. The maximum Gasteiger partial charge on any atom is 0.264 e. The van der Waals surface area contributed by atoms with Crippen LogP contribution in [-0.2, 0) is 9.59 Å². The standard InChI is InChI=1S/C14H16ClN3O2/c1-7(2)11(16)12-17-13(19)10(14(20)18-12)8-4-3-5-9(15)6-8/h3-7,10-11H,16H2,1-2H3,(H,17,18,19,20). The van der Waals surface area contributed by atoms with Gasteiger partial charge in [0, 0.05) is 5.02 Å². The molecule has 0 spiro atoms. The minimum atomic E-state index is -0.961. The summed E-state index contributed by atoms with van der Waals surface area (Å²) in [5.41, 5.74) is 6.43. The molecule has 6 heteroatoms. The number of aliphatic imine (C=N–C) groups is 1. The third kappa shape index (κ3) is 2.89. The Labute approximate surface area is 122 Å². The molecule has 20 heavy (non-hydrogen) atoms. The first-order chi connectivity index (χ1) is 9.40. The van der Waals surface area contributed by atoms with Crippen molar-refractivity contribution in [1.29, 1.82) is 0 Å². The molecule has 5 nitrogen and oxygen atoms in total. The molecule has 0 aliphatic carbocycles. The molecule has 0 fully saturated rings. The van der Waals surface area contributed by atoms with Gasteiger partial charge in [0.1, 0.15) is 11.8 Å². The minimum Gasteiger partial charge on any atom is -0.321 e. The Morgan fingerprint density at radius 2 is 2.05 bits per heavy atom. The zero-order chi connectivity index (χ0) is 14.9. The van der Waals surface area contributed by atoms with E-state index in [1.54, 1.807) is 24.3 Å². The summed E-state index contributed by atoms with van der Waals surface area (Å²) in [5, 5.41) is 3.09. The van der Waals surface area contributed by atoms with Gasteiger partial charge in [0.2, 0.25) is 5.91 Å². The maximum absolute atomic E-state index is 12.1. The van der Waals surface area contributed by atoms with Crippen molar-refractivity contribution in [2.24, 2.45) is 16.6 Å². The van der Waals surface area contributed by atoms with Crippen molar-refractivity contribution >= 4 is 29.3 Å². The first-order valence-corrected chi connectivity index (χ1v) is 6.72. The van der Waals surface area contributed by atoms with Gasteiger partial charge in [-0.05, 0) is 23.6 Å². The van der Waals surface area contributed by atoms with Gasteiger partial charge in [0.05, 0.1) is 6.04 Å². The van der Waals surface area contributed by atoms with Gasteiger partial charge >= 0.3 is 0 Å². The molecule has 1 heterocycles. The van der Waals surface area contributed by atoms with E-state index in [1.807, 2.05) is 13.8 Å². The lowest BCUT2D eigenvalue weighted by Gasteiger charge is -2.25. The SMILES string of the molecule is CC(C)C(N)C1=NC(=O)C(c2cccc(Cl)c2)C(=O)N1. The summed E-state index contributed by atoms with van der Waals surface area (Å²) in [6, 6.07) is 6.17. The van der Waals surface area contributed by atoms with Crippen LogP contribution in [0.2, 0.25) is 5.02 Å². The van der Waals surface area contributed by atoms with Gasteiger partial charge in [-0.25, -0.2) is 0 Å². The molecule has 2 rings (SSSR count). The van der Waals surface area contributed by atoms with Crippen LogP contribution in [0.25, 0.3) is 0 Å². The number of rotatable bonds is 3. The Kier molecular flexibility index (Phi) is 4.20. The van der Waals surface area contributed by atoms with Crippen LogP contribution < -0.4 is 11.1 Å². The summed E-state index contributed by atoms with van der Waals surface area (Å²) >= 11 is 5.88. The largest absolute Gasteiger partial charge is 0.321 e. The number of hydrogen-bond donors (Lipinski definition) is 2. The van der Waals surface area contributed by atoms with Crippen LogP contribution in [0.1, 0.15) is 25.3 Å². The van der Waals surface area contributed by atoms with Crippen LogP contribution in [0.15, 0.2) is 29.3 Å². The van der Waals surface area contributed by atoms with Crippen molar-refractivity contribution in [1.82, 2.24) is 5.32 Å². The number of hydrogen-bond acceptors (Lipinski definition) is 3. The van der Waals surface area contributed by atoms with E-state index < -0.39 is 23.8 Å². The van der Waals surface area contributed by atoms with Crippen LogP contribution in [0.4, 0.5) is 0 Å². The third-order valence-corrected chi connectivity index (χ3v) is 3.44. The molecule has 1 aromatic rings. The lowest BCUT2D eigenvalue weighted by molar-refractivity contribution is -0.129. The van der Waals surface area contributed by atoms with Crippen LogP contribution >= 0.6 is 11.6 Å². The van der Waals surface area contributed by atoms with Crippen molar-refractivity contribution in [3.63, 3.8) is 0 Å². The quantitative estimate of drug-likeness (QED) is 0.828. The highest BCUT2D eigenvalue weighted by atomic mass is 35.5. The number of halogens is 1. The zero-order valence-electron chi connectivity index (χ0n) is 11.3. The number of carbonyl (C=O) groups excluding carboxylic acids is 2. The Balaban J connectivity index is 2.32. The summed E-state index contributed by atoms with van der Waals surface area (Å²) in [7, 11) is 0. The molecule has 0 radical (unpaired) electrons. The lowest BCUT2D eigenvalue weighted by atomic mass is 9.94. The van der Waals surface area contributed by atoms with E-state index in [4.69, 9.17) is 17.3 Å². The van der Waals surface area contributed by atoms with Crippen molar-refractivity contribution in [2.45, 2.75) is 25.8 Å². The summed E-state index contributed by atoms with van der Waals surface area (Å²) in [5.74, 6) is -1.59. The Morgan fingerprint density at radius 1 is 1.35 bits per heavy atom. The second-order valence-corrected chi connectivity index (χ2v) is 5.52. The molecule has 0 saturated carbocycles. The van der Waals surface area contributed by atoms with Crippen molar-refractivity contribution in [3.8, 4) is 0 Å². The fraction of sp³-hybridized carbons (Fsp3) is 0.357. The zero-order valence-corrected chi connectivity index (χ0v) is 12.0. The van der Waals surface area contributed by atoms with Gasteiger partial charge in [0.15, 0.2) is 0 Å². The highest BCUT2D eigenvalue weighted by Gasteiger charge is 2.35. The molecule has 2 amide bonds. The Bertz CT molecular complexity index is 584. The first kappa shape index (κ1) is 14.7. The molecule has 1 aliphatic heterocycles. The van der Waals surface area contributed by atoms with Crippen molar-refractivity contribution in [3.05, 3.63) is 34.9 Å². The first-order valence-electron chi connectivity index (χ1n) is 6.34. The number of amidine groups is 1. The van der Waals surface area contributed by atoms with E-state index in [0.29, 0.717) is 10.6 Å². The number of nitrogens with zero attached hydrogens (tertiary/aromatic N) is 1. The highest BCUT2D eigenvalue weighted by molar-refractivity contribution is 6.30. The second-order valence-electron chi connectivity index (χ2n) is 5.08. The van der Waals surface area contributed by atoms with Gasteiger partial charge in [-0.2, -0.15) is 4.99 Å². The van der Waals surface area contributed by atoms with Gasteiger partial charge in [0.25, 0.3) is 5.91 Å². The molecule has 1 aromatic carbocycles. The predicted octanol–water partition coefficient (Wildman–Crippen LogP) is 1.46. The molecule has 1 aliphatic rings. The van der Waals surface area contributed by atoms with E-state index in [9.17, 15) is 9.59 Å². The van der Waals surface area contributed by atoms with E-state index in [0.717, 1.165) is 0 Å². The van der Waals surface area contributed by atoms with Crippen LogP contribution in [0, 0.1) is 5.92 Å². The van der Waals surface area contributed by atoms with Crippen molar-refractivity contribution < 1.29 is 9.59 Å². The normalized spacial score (nSPS) is 20.6. The highest BCUT2D eigenvalue weighted by Crippen LogP contribution is 2.23. The van der Waals surface area contributed by atoms with E-state index >= 15 is 0 Å². The summed E-state index contributed by atoms with van der Waals surface area (Å²) in [6.45, 7) is 3.79. The number of benzene rings is 1. The summed E-state index contributed by atoms with van der Waals surface area (Å²) in [4.78, 5) is 28.2. The monoisotopic (exact) mass is 293 g/mol. The average Bonchev–Trinajstić information content (AvgIpc) is 2.36. The number of nitrogens with two attached hydrogens (primary N) is 1. The summed E-state index contributed by atoms with van der Waals surface area (Å²) in [6.07, 6.45) is 0. The number of carbonyl (C=O) groups is 2. The van der Waals surface area contributed by atoms with Gasteiger partial charge in [-0.1, -0.05) is 37.6 Å². The molecular formula is C14H16ClN3O2.